The summed E-state index contributed by atoms with van der Waals surface area (Å²) in [6.45, 7) is 8.26. The molecule has 0 aromatic rings. The number of rotatable bonds is 12. The van der Waals surface area contributed by atoms with E-state index in [2.05, 4.69) is 25.7 Å². The Kier molecular flexibility index (Phi) is 10.4. The average molecular weight is 282 g/mol. The van der Waals surface area contributed by atoms with Crippen LogP contribution < -0.4 is 0 Å². The van der Waals surface area contributed by atoms with E-state index in [4.69, 9.17) is 0 Å². The summed E-state index contributed by atoms with van der Waals surface area (Å²) in [6.07, 6.45) is 18.8. The van der Waals surface area contributed by atoms with Crippen LogP contribution in [0.5, 0.6) is 0 Å². The van der Waals surface area contributed by atoms with Crippen molar-refractivity contribution in [1.29, 1.82) is 0 Å². The standard InChI is InChI=1S/C19H39N/c1-4-7-8-9-10-11-12-13-14-15-19-17-16-18(5-2)20(19)6-3/h18-19H,4-17H2,1-3H3. The molecule has 0 bridgehead atoms. The molecule has 1 nitrogen and oxygen atoms in total. The Hall–Kier alpha value is -0.0400. The van der Waals surface area contributed by atoms with E-state index in [1.165, 1.54) is 90.0 Å². The number of hydrogen-bond acceptors (Lipinski definition) is 1. The highest BCUT2D eigenvalue weighted by molar-refractivity contribution is 4.85. The van der Waals surface area contributed by atoms with Crippen LogP contribution in [0, 0.1) is 0 Å². The van der Waals surface area contributed by atoms with E-state index in [0.29, 0.717) is 0 Å². The smallest absolute Gasteiger partial charge is 0.00986 e. The fourth-order valence-electron chi connectivity index (χ4n) is 3.97. The first kappa shape index (κ1) is 18.0. The van der Waals surface area contributed by atoms with Crippen molar-refractivity contribution in [1.82, 2.24) is 4.90 Å². The van der Waals surface area contributed by atoms with E-state index in [0.717, 1.165) is 12.1 Å². The minimum absolute atomic E-state index is 0.892. The van der Waals surface area contributed by atoms with E-state index in [9.17, 15) is 0 Å². The van der Waals surface area contributed by atoms with Gasteiger partial charge in [-0.25, -0.2) is 0 Å². The maximum Gasteiger partial charge on any atom is 0.00986 e. The summed E-state index contributed by atoms with van der Waals surface area (Å²) < 4.78 is 0. The van der Waals surface area contributed by atoms with Gasteiger partial charge < -0.3 is 0 Å². The Morgan fingerprint density at radius 2 is 1.25 bits per heavy atom. The molecule has 0 saturated carbocycles. The van der Waals surface area contributed by atoms with E-state index in [1.807, 2.05) is 0 Å². The highest BCUT2D eigenvalue weighted by atomic mass is 15.2. The topological polar surface area (TPSA) is 3.24 Å². The van der Waals surface area contributed by atoms with E-state index < -0.39 is 0 Å². The van der Waals surface area contributed by atoms with Crippen LogP contribution in [0.2, 0.25) is 0 Å². The zero-order valence-electron chi connectivity index (χ0n) is 14.5. The van der Waals surface area contributed by atoms with Gasteiger partial charge in [0.05, 0.1) is 0 Å². The molecule has 2 atom stereocenters. The Balaban J connectivity index is 1.96. The van der Waals surface area contributed by atoms with Crippen molar-refractivity contribution in [2.75, 3.05) is 6.54 Å². The second kappa shape index (κ2) is 11.6. The molecular weight excluding hydrogens is 242 g/mol. The van der Waals surface area contributed by atoms with Crippen molar-refractivity contribution >= 4 is 0 Å². The monoisotopic (exact) mass is 281 g/mol. The van der Waals surface area contributed by atoms with Crippen LogP contribution in [0.1, 0.15) is 104 Å². The highest BCUT2D eigenvalue weighted by Gasteiger charge is 2.29. The number of nitrogens with zero attached hydrogens (tertiary/aromatic N) is 1. The zero-order chi connectivity index (χ0) is 14.6. The third-order valence-corrected chi connectivity index (χ3v) is 5.25. The number of hydrogen-bond donors (Lipinski definition) is 0. The molecule has 0 N–H and O–H groups in total. The van der Waals surface area contributed by atoms with Crippen LogP contribution in [0.15, 0.2) is 0 Å². The Bertz CT molecular complexity index is 214. The molecule has 0 amide bonds. The van der Waals surface area contributed by atoms with Crippen molar-refractivity contribution in [3.05, 3.63) is 0 Å². The third kappa shape index (κ3) is 6.61. The lowest BCUT2D eigenvalue weighted by Gasteiger charge is -2.28. The van der Waals surface area contributed by atoms with Gasteiger partial charge in [0, 0.05) is 12.1 Å². The van der Waals surface area contributed by atoms with Gasteiger partial charge in [0.15, 0.2) is 0 Å². The predicted molar refractivity (Wildman–Crippen MR) is 91.3 cm³/mol. The lowest BCUT2D eigenvalue weighted by molar-refractivity contribution is 0.188. The van der Waals surface area contributed by atoms with Crippen LogP contribution in [-0.2, 0) is 0 Å². The summed E-state index contributed by atoms with van der Waals surface area (Å²) in [5, 5.41) is 0. The first-order valence-electron chi connectivity index (χ1n) is 9.59. The van der Waals surface area contributed by atoms with E-state index in [-0.39, 0.29) is 0 Å². The molecule has 2 unspecified atom stereocenters. The zero-order valence-corrected chi connectivity index (χ0v) is 14.5. The van der Waals surface area contributed by atoms with Crippen LogP contribution >= 0.6 is 0 Å². The van der Waals surface area contributed by atoms with Crippen LogP contribution in [-0.4, -0.2) is 23.5 Å². The maximum atomic E-state index is 2.78. The van der Waals surface area contributed by atoms with Gasteiger partial charge in [0.1, 0.15) is 0 Å². The van der Waals surface area contributed by atoms with Crippen LogP contribution in [0.25, 0.3) is 0 Å². The molecule has 0 aromatic heterocycles. The molecule has 0 spiro atoms. The molecule has 120 valence electrons. The minimum atomic E-state index is 0.892. The van der Waals surface area contributed by atoms with Gasteiger partial charge in [0.2, 0.25) is 0 Å². The largest absolute Gasteiger partial charge is 0.298 e. The first-order valence-corrected chi connectivity index (χ1v) is 9.59. The summed E-state index contributed by atoms with van der Waals surface area (Å²) in [6, 6.07) is 1.80. The summed E-state index contributed by atoms with van der Waals surface area (Å²) in [5.41, 5.74) is 0. The van der Waals surface area contributed by atoms with Crippen LogP contribution in [0.4, 0.5) is 0 Å². The Morgan fingerprint density at radius 1 is 0.700 bits per heavy atom. The molecule has 1 heteroatoms. The molecule has 0 radical (unpaired) electrons. The summed E-state index contributed by atoms with van der Waals surface area (Å²) in [4.78, 5) is 2.78. The molecule has 20 heavy (non-hydrogen) atoms. The number of unbranched alkanes of at least 4 members (excludes halogenated alkanes) is 8. The second-order valence-corrected chi connectivity index (χ2v) is 6.74. The SMILES string of the molecule is CCCCCCCCCCCC1CCC(CC)N1CC. The molecule has 0 aliphatic carbocycles. The Labute approximate surface area is 128 Å². The summed E-state index contributed by atoms with van der Waals surface area (Å²) in [7, 11) is 0. The first-order chi connectivity index (χ1) is 9.83. The lowest BCUT2D eigenvalue weighted by atomic mass is 10.0. The molecule has 1 aliphatic rings. The fourth-order valence-corrected chi connectivity index (χ4v) is 3.97. The van der Waals surface area contributed by atoms with Gasteiger partial charge in [-0.1, -0.05) is 78.6 Å². The normalized spacial score (nSPS) is 23.6. The lowest BCUT2D eigenvalue weighted by Crippen LogP contribution is -2.35. The van der Waals surface area contributed by atoms with Crippen molar-refractivity contribution in [3.8, 4) is 0 Å². The van der Waals surface area contributed by atoms with Gasteiger partial charge in [-0.3, -0.25) is 4.90 Å². The highest BCUT2D eigenvalue weighted by Crippen LogP contribution is 2.29. The molecule has 0 aromatic carbocycles. The second-order valence-electron chi connectivity index (χ2n) is 6.74. The van der Waals surface area contributed by atoms with Crippen molar-refractivity contribution < 1.29 is 0 Å². The summed E-state index contributed by atoms with van der Waals surface area (Å²) in [5.74, 6) is 0. The average Bonchev–Trinajstić information content (AvgIpc) is 2.87. The van der Waals surface area contributed by atoms with E-state index in [1.54, 1.807) is 0 Å². The quantitative estimate of drug-likeness (QED) is 0.387. The van der Waals surface area contributed by atoms with Crippen molar-refractivity contribution in [2.45, 2.75) is 116 Å². The molecule has 1 rings (SSSR count). The minimum Gasteiger partial charge on any atom is -0.298 e. The maximum absolute atomic E-state index is 2.78. The van der Waals surface area contributed by atoms with E-state index >= 15 is 0 Å². The number of likely N-dealkylation sites (tertiary alicyclic amines) is 1. The molecule has 1 saturated heterocycles. The molecular formula is C19H39N. The molecule has 1 fully saturated rings. The van der Waals surface area contributed by atoms with Gasteiger partial charge in [-0.2, -0.15) is 0 Å². The predicted octanol–water partition coefficient (Wildman–Crippen LogP) is 6.17. The van der Waals surface area contributed by atoms with Gasteiger partial charge in [0.25, 0.3) is 0 Å². The van der Waals surface area contributed by atoms with Crippen molar-refractivity contribution in [2.24, 2.45) is 0 Å². The van der Waals surface area contributed by atoms with Gasteiger partial charge in [-0.15, -0.1) is 0 Å². The molecule has 1 aliphatic heterocycles. The summed E-state index contributed by atoms with van der Waals surface area (Å²) >= 11 is 0. The van der Waals surface area contributed by atoms with Crippen LogP contribution in [0.3, 0.4) is 0 Å². The third-order valence-electron chi connectivity index (χ3n) is 5.25. The fraction of sp³-hybridized carbons (Fsp3) is 1.00. The Morgan fingerprint density at radius 3 is 1.80 bits per heavy atom. The van der Waals surface area contributed by atoms with Gasteiger partial charge in [-0.05, 0) is 32.2 Å². The molecule has 1 heterocycles. The van der Waals surface area contributed by atoms with Crippen molar-refractivity contribution in [3.63, 3.8) is 0 Å². The van der Waals surface area contributed by atoms with Gasteiger partial charge >= 0.3 is 0 Å².